The van der Waals surface area contributed by atoms with Gasteiger partial charge in [-0.05, 0) is 82.9 Å². The van der Waals surface area contributed by atoms with Crippen LogP contribution in [-0.4, -0.2) is 89.3 Å². The fourth-order valence-electron chi connectivity index (χ4n) is 6.95. The predicted molar refractivity (Wildman–Crippen MR) is 196 cm³/mol. The van der Waals surface area contributed by atoms with E-state index < -0.39 is 85.3 Å². The number of carbonyl (C=O) groups is 5. The van der Waals surface area contributed by atoms with E-state index in [4.69, 9.17) is 9.47 Å². The second-order valence-electron chi connectivity index (χ2n) is 16.8. The molecule has 4 atom stereocenters. The van der Waals surface area contributed by atoms with Crippen molar-refractivity contribution in [1.82, 2.24) is 25.2 Å². The van der Waals surface area contributed by atoms with Crippen LogP contribution in [0.5, 0.6) is 0 Å². The van der Waals surface area contributed by atoms with Gasteiger partial charge in [0.1, 0.15) is 34.3 Å². The standard InChI is InChI=1S/C36H48N6O9S2/c1-20-8-11-23(28-37-14-15-52-28)24(16-20)38-31(46)50-21-17-25(42(18-21)29(44)26(33(2,3)4)39-32(47)51-34(5,6)7)27(43)40-36(19-35(36)12-13-35)30(45)41-53(48,49)22-9-10-22/h8,11,14-16,21-22,25-26H,9-10,12-13,17-19H2,1-7H3,(H,38,46)(H,39,47)(H,40,43)(H,41,45). The van der Waals surface area contributed by atoms with Crippen LogP contribution in [0.25, 0.3) is 10.6 Å². The van der Waals surface area contributed by atoms with Gasteiger partial charge in [-0.3, -0.25) is 24.4 Å². The summed E-state index contributed by atoms with van der Waals surface area (Å²) >= 11 is 1.40. The minimum Gasteiger partial charge on any atom is -0.444 e. The number of nitrogens with zero attached hydrogens (tertiary/aromatic N) is 2. The normalized spacial score (nSPS) is 23.8. The molecule has 17 heteroatoms. The summed E-state index contributed by atoms with van der Waals surface area (Å²) in [4.78, 5) is 74.2. The molecule has 1 spiro atoms. The minimum absolute atomic E-state index is 0.119. The van der Waals surface area contributed by atoms with Gasteiger partial charge in [-0.2, -0.15) is 0 Å². The minimum atomic E-state index is -3.89. The van der Waals surface area contributed by atoms with Crippen LogP contribution in [0.2, 0.25) is 0 Å². The number of aromatic nitrogens is 1. The third kappa shape index (κ3) is 8.30. The molecule has 6 rings (SSSR count). The third-order valence-corrected chi connectivity index (χ3v) is 12.8. The highest BCUT2D eigenvalue weighted by atomic mass is 32.2. The molecular formula is C36H48N6O9S2. The SMILES string of the molecule is Cc1ccc(-c2nccs2)c(NC(=O)OC2CC(C(=O)NC3(C(=O)NS(=O)(=O)C4CC4)CC34CC4)N(C(=O)C(NC(=O)OC(C)(C)C)C(C)(C)C)C2)c1. The number of ether oxygens (including phenoxy) is 2. The second kappa shape index (κ2) is 13.6. The number of alkyl carbamates (subject to hydrolysis) is 1. The number of likely N-dealkylation sites (tertiary alicyclic amines) is 1. The molecule has 4 N–H and O–H groups in total. The number of carbonyl (C=O) groups excluding carboxylic acids is 5. The second-order valence-corrected chi connectivity index (χ2v) is 19.6. The van der Waals surface area contributed by atoms with Crippen LogP contribution in [0.1, 0.15) is 85.6 Å². The van der Waals surface area contributed by atoms with E-state index in [0.29, 0.717) is 41.9 Å². The Morgan fingerprint density at radius 2 is 1.74 bits per heavy atom. The highest BCUT2D eigenvalue weighted by molar-refractivity contribution is 7.91. The molecule has 53 heavy (non-hydrogen) atoms. The van der Waals surface area contributed by atoms with Crippen LogP contribution in [0.4, 0.5) is 15.3 Å². The molecule has 1 aliphatic heterocycles. The molecule has 288 valence electrons. The summed E-state index contributed by atoms with van der Waals surface area (Å²) in [6.07, 6.45) is 1.41. The summed E-state index contributed by atoms with van der Waals surface area (Å²) in [6.45, 7) is 12.0. The maximum atomic E-state index is 14.4. The van der Waals surface area contributed by atoms with Crippen molar-refractivity contribution in [3.8, 4) is 10.6 Å². The molecule has 1 aromatic carbocycles. The first-order chi connectivity index (χ1) is 24.6. The number of nitrogens with one attached hydrogen (secondary N) is 4. The van der Waals surface area contributed by atoms with Gasteiger partial charge in [-0.25, -0.2) is 23.0 Å². The molecule has 2 heterocycles. The van der Waals surface area contributed by atoms with Crippen molar-refractivity contribution in [3.05, 3.63) is 35.3 Å². The number of aryl methyl sites for hydroxylation is 1. The van der Waals surface area contributed by atoms with Gasteiger partial charge in [-0.1, -0.05) is 26.8 Å². The molecule has 3 saturated carbocycles. The van der Waals surface area contributed by atoms with E-state index >= 15 is 0 Å². The van der Waals surface area contributed by atoms with Gasteiger partial charge in [0.05, 0.1) is 17.5 Å². The van der Waals surface area contributed by atoms with Crippen molar-refractivity contribution < 1.29 is 41.9 Å². The smallest absolute Gasteiger partial charge is 0.411 e. The highest BCUT2D eigenvalue weighted by Gasteiger charge is 2.79. The van der Waals surface area contributed by atoms with Gasteiger partial charge in [-0.15, -0.1) is 11.3 Å². The van der Waals surface area contributed by atoms with E-state index in [-0.39, 0.29) is 19.4 Å². The summed E-state index contributed by atoms with van der Waals surface area (Å²) in [6, 6.07) is 3.14. The molecule has 0 radical (unpaired) electrons. The summed E-state index contributed by atoms with van der Waals surface area (Å²) in [5, 5.41) is 10.2. The fraction of sp³-hybridized carbons (Fsp3) is 0.611. The Morgan fingerprint density at radius 3 is 2.30 bits per heavy atom. The summed E-state index contributed by atoms with van der Waals surface area (Å²) in [5.74, 6) is -2.10. The van der Waals surface area contributed by atoms with E-state index in [0.717, 1.165) is 5.56 Å². The van der Waals surface area contributed by atoms with E-state index in [9.17, 15) is 32.4 Å². The molecule has 0 bridgehead atoms. The number of hydrogen-bond acceptors (Lipinski definition) is 11. The Balaban J connectivity index is 1.24. The van der Waals surface area contributed by atoms with Crippen molar-refractivity contribution in [2.75, 3.05) is 11.9 Å². The van der Waals surface area contributed by atoms with Crippen LogP contribution in [0.15, 0.2) is 29.8 Å². The first kappa shape index (κ1) is 38.5. The average Bonchev–Trinajstić information content (AvgIpc) is 4.00. The Morgan fingerprint density at radius 1 is 1.04 bits per heavy atom. The molecule has 4 aliphatic rings. The number of anilines is 1. The van der Waals surface area contributed by atoms with Gasteiger partial charge in [0.15, 0.2) is 0 Å². The monoisotopic (exact) mass is 772 g/mol. The lowest BCUT2D eigenvalue weighted by Crippen LogP contribution is -2.60. The maximum absolute atomic E-state index is 14.4. The number of sulfonamides is 1. The summed E-state index contributed by atoms with van der Waals surface area (Å²) in [5.41, 5.74) is -1.66. The quantitative estimate of drug-likeness (QED) is 0.271. The molecule has 5 amide bonds. The zero-order chi connectivity index (χ0) is 38.7. The van der Waals surface area contributed by atoms with Crippen LogP contribution in [0.3, 0.4) is 0 Å². The van der Waals surface area contributed by atoms with Gasteiger partial charge >= 0.3 is 12.2 Å². The van der Waals surface area contributed by atoms with Gasteiger partial charge in [0.2, 0.25) is 21.8 Å². The molecule has 1 saturated heterocycles. The predicted octanol–water partition coefficient (Wildman–Crippen LogP) is 4.22. The van der Waals surface area contributed by atoms with Crippen molar-refractivity contribution in [2.45, 2.75) is 122 Å². The molecule has 2 aromatic rings. The number of thiazole rings is 1. The van der Waals surface area contributed by atoms with E-state index in [1.165, 1.54) is 16.2 Å². The molecule has 3 aliphatic carbocycles. The van der Waals surface area contributed by atoms with Crippen LogP contribution in [-0.2, 0) is 33.9 Å². The first-order valence-electron chi connectivity index (χ1n) is 17.8. The molecular weight excluding hydrogens is 725 g/mol. The first-order valence-corrected chi connectivity index (χ1v) is 20.2. The number of benzene rings is 1. The van der Waals surface area contributed by atoms with E-state index in [2.05, 4.69) is 25.7 Å². The largest absolute Gasteiger partial charge is 0.444 e. The Hall–Kier alpha value is -4.25. The molecule has 1 aromatic heterocycles. The summed E-state index contributed by atoms with van der Waals surface area (Å²) < 4.78 is 38.9. The van der Waals surface area contributed by atoms with E-state index in [1.54, 1.807) is 53.8 Å². The van der Waals surface area contributed by atoms with Gasteiger partial charge < -0.3 is 25.0 Å². The Bertz CT molecular complexity index is 1910. The van der Waals surface area contributed by atoms with Crippen molar-refractivity contribution in [1.29, 1.82) is 0 Å². The Kier molecular flexibility index (Phi) is 9.84. The van der Waals surface area contributed by atoms with Crippen molar-refractivity contribution >= 4 is 57.0 Å². The Labute approximate surface area is 313 Å². The lowest BCUT2D eigenvalue weighted by molar-refractivity contribution is -0.143. The van der Waals surface area contributed by atoms with Crippen molar-refractivity contribution in [2.24, 2.45) is 10.8 Å². The lowest BCUT2D eigenvalue weighted by atomic mass is 9.85. The third-order valence-electron chi connectivity index (χ3n) is 10.1. The molecule has 15 nitrogen and oxygen atoms in total. The topological polar surface area (TPSA) is 202 Å². The molecule has 4 fully saturated rings. The maximum Gasteiger partial charge on any atom is 0.411 e. The van der Waals surface area contributed by atoms with Crippen LogP contribution < -0.4 is 20.7 Å². The van der Waals surface area contributed by atoms with Crippen molar-refractivity contribution in [3.63, 3.8) is 0 Å². The number of rotatable bonds is 10. The number of amides is 5. The van der Waals surface area contributed by atoms with Gasteiger partial charge in [0.25, 0.3) is 5.91 Å². The van der Waals surface area contributed by atoms with Gasteiger partial charge in [0, 0.05) is 29.0 Å². The summed E-state index contributed by atoms with van der Waals surface area (Å²) in [7, 11) is -3.89. The van der Waals surface area contributed by atoms with E-state index in [1.807, 2.05) is 24.4 Å². The molecule has 4 unspecified atom stereocenters. The lowest BCUT2D eigenvalue weighted by Gasteiger charge is -2.36. The average molecular weight is 773 g/mol. The highest BCUT2D eigenvalue weighted by Crippen LogP contribution is 2.73. The zero-order valence-corrected chi connectivity index (χ0v) is 32.7. The fourth-order valence-corrected chi connectivity index (χ4v) is 8.99. The number of hydrogen-bond donors (Lipinski definition) is 4. The van der Waals surface area contributed by atoms with Crippen LogP contribution in [0, 0.1) is 17.8 Å². The zero-order valence-electron chi connectivity index (χ0n) is 31.0. The van der Waals surface area contributed by atoms with Crippen LogP contribution >= 0.6 is 11.3 Å².